The van der Waals surface area contributed by atoms with Crippen LogP contribution in [0.15, 0.2) is 42.5 Å². The normalized spacial score (nSPS) is 19.1. The van der Waals surface area contributed by atoms with E-state index in [9.17, 15) is 20.1 Å². The highest BCUT2D eigenvalue weighted by Gasteiger charge is 2.33. The topological polar surface area (TPSA) is 116 Å². The van der Waals surface area contributed by atoms with Gasteiger partial charge in [0.1, 0.15) is 0 Å². The predicted octanol–water partition coefficient (Wildman–Crippen LogP) is 2.07. The highest BCUT2D eigenvalue weighted by atomic mass is 16.6. The van der Waals surface area contributed by atoms with Crippen molar-refractivity contribution in [2.24, 2.45) is 0 Å². The lowest BCUT2D eigenvalue weighted by Crippen LogP contribution is -2.36. The highest BCUT2D eigenvalue weighted by Crippen LogP contribution is 2.41. The number of hydrogen-bond donors (Lipinski definition) is 4. The van der Waals surface area contributed by atoms with E-state index in [1.165, 1.54) is 18.2 Å². The van der Waals surface area contributed by atoms with Crippen LogP contribution in [-0.2, 0) is 4.79 Å². The zero-order valence-corrected chi connectivity index (χ0v) is 13.0. The number of benzene rings is 2. The molecular formula is C18H16O7. The van der Waals surface area contributed by atoms with E-state index in [2.05, 4.69) is 0 Å². The second-order valence-electron chi connectivity index (χ2n) is 5.50. The Bertz CT molecular complexity index is 828. The summed E-state index contributed by atoms with van der Waals surface area (Å²) in [7, 11) is 0. The van der Waals surface area contributed by atoms with Gasteiger partial charge in [-0.1, -0.05) is 12.1 Å². The number of hydrogen-bond acceptors (Lipinski definition) is 6. The van der Waals surface area contributed by atoms with Crippen LogP contribution in [0.2, 0.25) is 0 Å². The van der Waals surface area contributed by atoms with Gasteiger partial charge in [-0.25, -0.2) is 4.79 Å². The molecule has 4 N–H and O–H groups in total. The number of aliphatic carboxylic acids is 1. The number of phenols is 2. The van der Waals surface area contributed by atoms with Crippen LogP contribution in [0.3, 0.4) is 0 Å². The molecular weight excluding hydrogens is 328 g/mol. The second kappa shape index (κ2) is 6.74. The van der Waals surface area contributed by atoms with Crippen molar-refractivity contribution >= 4 is 12.0 Å². The molecule has 130 valence electrons. The van der Waals surface area contributed by atoms with E-state index in [1.807, 2.05) is 0 Å². The van der Waals surface area contributed by atoms with Crippen LogP contribution in [0.25, 0.3) is 6.08 Å². The van der Waals surface area contributed by atoms with Gasteiger partial charge in [-0.05, 0) is 35.9 Å². The van der Waals surface area contributed by atoms with Crippen molar-refractivity contribution < 1.29 is 34.7 Å². The summed E-state index contributed by atoms with van der Waals surface area (Å²) in [4.78, 5) is 10.6. The third-order valence-corrected chi connectivity index (χ3v) is 3.76. The second-order valence-corrected chi connectivity index (χ2v) is 5.50. The molecule has 0 radical (unpaired) electrons. The number of carbonyl (C=O) groups is 1. The van der Waals surface area contributed by atoms with Gasteiger partial charge in [0.05, 0.1) is 6.61 Å². The maximum absolute atomic E-state index is 10.6. The van der Waals surface area contributed by atoms with Crippen molar-refractivity contribution in [3.63, 3.8) is 0 Å². The van der Waals surface area contributed by atoms with Gasteiger partial charge in [0.15, 0.2) is 35.2 Å². The average Bonchev–Trinajstić information content (AvgIpc) is 2.61. The van der Waals surface area contributed by atoms with Crippen LogP contribution in [-0.4, -0.2) is 39.1 Å². The first kappa shape index (κ1) is 16.7. The zero-order chi connectivity index (χ0) is 18.0. The van der Waals surface area contributed by atoms with Gasteiger partial charge in [-0.3, -0.25) is 0 Å². The lowest BCUT2D eigenvalue weighted by Gasteiger charge is -2.33. The summed E-state index contributed by atoms with van der Waals surface area (Å²) in [5.74, 6) is -0.801. The Morgan fingerprint density at radius 3 is 2.52 bits per heavy atom. The van der Waals surface area contributed by atoms with Gasteiger partial charge in [-0.15, -0.1) is 0 Å². The van der Waals surface area contributed by atoms with Crippen LogP contribution in [0, 0.1) is 0 Å². The van der Waals surface area contributed by atoms with Crippen LogP contribution in [0.4, 0.5) is 0 Å². The van der Waals surface area contributed by atoms with E-state index < -0.39 is 18.2 Å². The van der Waals surface area contributed by atoms with E-state index >= 15 is 0 Å². The zero-order valence-electron chi connectivity index (χ0n) is 13.0. The minimum Gasteiger partial charge on any atom is -0.504 e. The van der Waals surface area contributed by atoms with Crippen LogP contribution in [0.5, 0.6) is 23.0 Å². The third kappa shape index (κ3) is 3.51. The lowest BCUT2D eigenvalue weighted by molar-refractivity contribution is -0.131. The number of rotatable bonds is 4. The minimum atomic E-state index is -1.06. The number of carboxylic acid groups (broad SMARTS) is 1. The van der Waals surface area contributed by atoms with Crippen molar-refractivity contribution in [2.75, 3.05) is 6.61 Å². The summed E-state index contributed by atoms with van der Waals surface area (Å²) in [6, 6.07) is 9.17. The van der Waals surface area contributed by atoms with E-state index in [1.54, 1.807) is 24.3 Å². The molecule has 2 atom stereocenters. The number of carboxylic acids is 1. The first-order valence-electron chi connectivity index (χ1n) is 7.49. The summed E-state index contributed by atoms with van der Waals surface area (Å²) in [5, 5.41) is 37.4. The fraction of sp³-hybridized carbons (Fsp3) is 0.167. The summed E-state index contributed by atoms with van der Waals surface area (Å²) < 4.78 is 11.6. The number of aliphatic hydroxyl groups excluding tert-OH is 1. The molecule has 7 nitrogen and oxygen atoms in total. The van der Waals surface area contributed by atoms with E-state index in [0.29, 0.717) is 22.6 Å². The monoisotopic (exact) mass is 344 g/mol. The first-order valence-corrected chi connectivity index (χ1v) is 7.49. The SMILES string of the molecule is O=C(O)/C=C/c1ccc2c(c1)O[C@H](CO)[C@H](c1ccc(O)c(O)c1)O2. The summed E-state index contributed by atoms with van der Waals surface area (Å²) in [5.41, 5.74) is 1.15. The fourth-order valence-corrected chi connectivity index (χ4v) is 2.56. The van der Waals surface area contributed by atoms with Gasteiger partial charge >= 0.3 is 5.97 Å². The third-order valence-electron chi connectivity index (χ3n) is 3.76. The molecule has 3 rings (SSSR count). The Morgan fingerprint density at radius 1 is 1.04 bits per heavy atom. The Balaban J connectivity index is 1.91. The first-order chi connectivity index (χ1) is 12.0. The van der Waals surface area contributed by atoms with Gasteiger partial charge in [0.2, 0.25) is 0 Å². The molecule has 0 aromatic heterocycles. The van der Waals surface area contributed by atoms with Gasteiger partial charge in [0.25, 0.3) is 0 Å². The molecule has 1 aliphatic rings. The van der Waals surface area contributed by atoms with Crippen molar-refractivity contribution in [2.45, 2.75) is 12.2 Å². The fourth-order valence-electron chi connectivity index (χ4n) is 2.56. The number of phenolic OH excluding ortho intramolecular Hbond substituents is 2. The molecule has 0 amide bonds. The smallest absolute Gasteiger partial charge is 0.328 e. The quantitative estimate of drug-likeness (QED) is 0.495. The molecule has 1 heterocycles. The van der Waals surface area contributed by atoms with Gasteiger partial charge < -0.3 is 29.9 Å². The molecule has 0 fully saturated rings. The van der Waals surface area contributed by atoms with Crippen LogP contribution >= 0.6 is 0 Å². The largest absolute Gasteiger partial charge is 0.504 e. The number of aromatic hydroxyl groups is 2. The number of aliphatic hydroxyl groups is 1. The van der Waals surface area contributed by atoms with Crippen LogP contribution < -0.4 is 9.47 Å². The Morgan fingerprint density at radius 2 is 1.84 bits per heavy atom. The molecule has 0 spiro atoms. The Kier molecular flexibility index (Phi) is 4.49. The molecule has 7 heteroatoms. The number of fused-ring (bicyclic) bond motifs is 1. The minimum absolute atomic E-state index is 0.253. The maximum Gasteiger partial charge on any atom is 0.328 e. The van der Waals surface area contributed by atoms with E-state index in [4.69, 9.17) is 14.6 Å². The van der Waals surface area contributed by atoms with Gasteiger partial charge in [-0.2, -0.15) is 0 Å². The average molecular weight is 344 g/mol. The highest BCUT2D eigenvalue weighted by molar-refractivity contribution is 5.85. The summed E-state index contributed by atoms with van der Waals surface area (Å²) in [6.45, 7) is -0.332. The van der Waals surface area contributed by atoms with Crippen molar-refractivity contribution in [3.05, 3.63) is 53.6 Å². The Hall–Kier alpha value is -3.19. The van der Waals surface area contributed by atoms with E-state index in [0.717, 1.165) is 6.08 Å². The molecule has 0 bridgehead atoms. The molecule has 0 saturated heterocycles. The van der Waals surface area contributed by atoms with Crippen molar-refractivity contribution in [1.29, 1.82) is 0 Å². The van der Waals surface area contributed by atoms with Crippen molar-refractivity contribution in [3.8, 4) is 23.0 Å². The standard InChI is InChI=1S/C18H16O7/c19-9-16-18(11-3-4-12(20)13(21)8-11)25-14-5-1-10(2-6-17(22)23)7-15(14)24-16/h1-8,16,18-21H,9H2,(H,22,23)/b6-2+/t16-,18+/m1/s1. The maximum atomic E-state index is 10.6. The molecule has 0 unspecified atom stereocenters. The summed E-state index contributed by atoms with van der Waals surface area (Å²) >= 11 is 0. The molecule has 25 heavy (non-hydrogen) atoms. The van der Waals surface area contributed by atoms with E-state index in [-0.39, 0.29) is 18.1 Å². The molecule has 0 aliphatic carbocycles. The predicted molar refractivity (Wildman–Crippen MR) is 87.8 cm³/mol. The summed E-state index contributed by atoms with van der Waals surface area (Å²) in [6.07, 6.45) is 1.03. The van der Waals surface area contributed by atoms with Crippen molar-refractivity contribution in [1.82, 2.24) is 0 Å². The van der Waals surface area contributed by atoms with Crippen LogP contribution in [0.1, 0.15) is 17.2 Å². The number of ether oxygens (including phenoxy) is 2. The lowest BCUT2D eigenvalue weighted by atomic mass is 10.0. The molecule has 2 aromatic carbocycles. The van der Waals surface area contributed by atoms with Gasteiger partial charge in [0, 0.05) is 11.6 Å². The Labute approximate surface area is 143 Å². The molecule has 0 saturated carbocycles. The molecule has 2 aromatic rings. The molecule has 1 aliphatic heterocycles.